The summed E-state index contributed by atoms with van der Waals surface area (Å²) in [7, 11) is 0. The topological polar surface area (TPSA) is 49.8 Å². The maximum absolute atomic E-state index is 4.52. The SMILES string of the molecule is CCc1ccc(Nc2ccnc(Nc3ccc(CC)cc3)n2)cc1. The Balaban J connectivity index is 1.70. The highest BCUT2D eigenvalue weighted by Gasteiger charge is 2.01. The molecule has 1 aromatic heterocycles. The quantitative estimate of drug-likeness (QED) is 0.665. The van der Waals surface area contributed by atoms with Crippen LogP contribution in [0.5, 0.6) is 0 Å². The number of hydrogen-bond donors (Lipinski definition) is 2. The van der Waals surface area contributed by atoms with E-state index in [4.69, 9.17) is 0 Å². The fourth-order valence-corrected chi connectivity index (χ4v) is 2.41. The summed E-state index contributed by atoms with van der Waals surface area (Å²) in [6.45, 7) is 4.30. The van der Waals surface area contributed by atoms with E-state index in [9.17, 15) is 0 Å². The molecule has 0 unspecified atom stereocenters. The Labute approximate surface area is 143 Å². The standard InChI is InChI=1S/C20H22N4/c1-3-15-5-9-17(10-6-15)22-19-13-14-21-20(24-19)23-18-11-7-16(4-2)8-12-18/h5-14H,3-4H2,1-2H3,(H2,21,22,23,24). The van der Waals surface area contributed by atoms with Gasteiger partial charge in [0.05, 0.1) is 0 Å². The smallest absolute Gasteiger partial charge is 0.229 e. The predicted molar refractivity (Wildman–Crippen MR) is 100 cm³/mol. The van der Waals surface area contributed by atoms with Crippen LogP contribution < -0.4 is 10.6 Å². The fraction of sp³-hybridized carbons (Fsp3) is 0.200. The van der Waals surface area contributed by atoms with E-state index in [1.165, 1.54) is 11.1 Å². The van der Waals surface area contributed by atoms with Crippen LogP contribution in [0, 0.1) is 0 Å². The number of nitrogens with zero attached hydrogens (tertiary/aromatic N) is 2. The van der Waals surface area contributed by atoms with Crippen LogP contribution in [0.2, 0.25) is 0 Å². The largest absolute Gasteiger partial charge is 0.340 e. The van der Waals surface area contributed by atoms with Crippen molar-refractivity contribution in [3.8, 4) is 0 Å². The maximum atomic E-state index is 4.52. The van der Waals surface area contributed by atoms with Gasteiger partial charge >= 0.3 is 0 Å². The van der Waals surface area contributed by atoms with E-state index in [0.29, 0.717) is 5.95 Å². The average molecular weight is 318 g/mol. The molecule has 0 fully saturated rings. The average Bonchev–Trinajstić information content (AvgIpc) is 2.63. The summed E-state index contributed by atoms with van der Waals surface area (Å²) in [5.41, 5.74) is 4.63. The zero-order chi connectivity index (χ0) is 16.8. The molecule has 1 heterocycles. The van der Waals surface area contributed by atoms with Crippen LogP contribution in [0.4, 0.5) is 23.1 Å². The van der Waals surface area contributed by atoms with Crippen LogP contribution >= 0.6 is 0 Å². The van der Waals surface area contributed by atoms with E-state index in [2.05, 4.69) is 70.8 Å². The number of aromatic nitrogens is 2. The van der Waals surface area contributed by atoms with Gasteiger partial charge in [-0.25, -0.2) is 4.98 Å². The second kappa shape index (κ2) is 7.59. The van der Waals surface area contributed by atoms with Crippen molar-refractivity contribution in [2.75, 3.05) is 10.6 Å². The number of nitrogens with one attached hydrogen (secondary N) is 2. The van der Waals surface area contributed by atoms with Crippen molar-refractivity contribution in [1.29, 1.82) is 0 Å². The molecule has 0 aliphatic carbocycles. The van der Waals surface area contributed by atoms with Crippen LogP contribution in [0.25, 0.3) is 0 Å². The Bertz CT molecular complexity index is 715. The van der Waals surface area contributed by atoms with E-state index >= 15 is 0 Å². The molecule has 4 heteroatoms. The molecular weight excluding hydrogens is 296 g/mol. The van der Waals surface area contributed by atoms with Gasteiger partial charge in [0.25, 0.3) is 0 Å². The summed E-state index contributed by atoms with van der Waals surface area (Å²) in [6, 6.07) is 18.6. The van der Waals surface area contributed by atoms with Gasteiger partial charge in [-0.15, -0.1) is 0 Å². The monoisotopic (exact) mass is 318 g/mol. The lowest BCUT2D eigenvalue weighted by atomic mass is 10.1. The van der Waals surface area contributed by atoms with Crippen molar-refractivity contribution in [1.82, 2.24) is 9.97 Å². The highest BCUT2D eigenvalue weighted by molar-refractivity contribution is 5.59. The first-order chi connectivity index (χ1) is 11.8. The van der Waals surface area contributed by atoms with E-state index in [-0.39, 0.29) is 0 Å². The molecule has 0 saturated heterocycles. The summed E-state index contributed by atoms with van der Waals surface area (Å²) < 4.78 is 0. The molecule has 24 heavy (non-hydrogen) atoms. The second-order valence-electron chi connectivity index (χ2n) is 5.62. The summed E-state index contributed by atoms with van der Waals surface area (Å²) in [6.07, 6.45) is 3.82. The van der Waals surface area contributed by atoms with Gasteiger partial charge in [0, 0.05) is 17.6 Å². The third kappa shape index (κ3) is 4.10. The van der Waals surface area contributed by atoms with Crippen molar-refractivity contribution in [2.24, 2.45) is 0 Å². The molecule has 0 bridgehead atoms. The first kappa shape index (κ1) is 16.0. The van der Waals surface area contributed by atoms with Crippen LogP contribution in [0.1, 0.15) is 25.0 Å². The molecular formula is C20H22N4. The Kier molecular flexibility index (Phi) is 5.06. The minimum Gasteiger partial charge on any atom is -0.340 e. The van der Waals surface area contributed by atoms with Gasteiger partial charge in [-0.2, -0.15) is 4.98 Å². The number of anilines is 4. The zero-order valence-electron chi connectivity index (χ0n) is 14.1. The van der Waals surface area contributed by atoms with E-state index < -0.39 is 0 Å². The number of rotatable bonds is 6. The summed E-state index contributed by atoms with van der Waals surface area (Å²) in [4.78, 5) is 8.80. The summed E-state index contributed by atoms with van der Waals surface area (Å²) in [5.74, 6) is 1.34. The van der Waals surface area contributed by atoms with Gasteiger partial charge in [0.1, 0.15) is 5.82 Å². The summed E-state index contributed by atoms with van der Waals surface area (Å²) in [5, 5.41) is 6.55. The predicted octanol–water partition coefficient (Wildman–Crippen LogP) is 5.09. The van der Waals surface area contributed by atoms with Gasteiger partial charge in [-0.3, -0.25) is 0 Å². The number of aryl methyl sites for hydroxylation is 2. The van der Waals surface area contributed by atoms with E-state index in [0.717, 1.165) is 30.0 Å². The molecule has 0 amide bonds. The normalized spacial score (nSPS) is 10.4. The molecule has 0 radical (unpaired) electrons. The van der Waals surface area contributed by atoms with Gasteiger partial charge in [0.15, 0.2) is 0 Å². The minimum atomic E-state index is 0.578. The van der Waals surface area contributed by atoms with Gasteiger partial charge in [-0.05, 0) is 54.3 Å². The third-order valence-corrected chi connectivity index (χ3v) is 3.91. The highest BCUT2D eigenvalue weighted by Crippen LogP contribution is 2.18. The van der Waals surface area contributed by atoms with Crippen LogP contribution in [0.15, 0.2) is 60.8 Å². The van der Waals surface area contributed by atoms with E-state index in [1.54, 1.807) is 6.20 Å². The van der Waals surface area contributed by atoms with Crippen molar-refractivity contribution < 1.29 is 0 Å². The fourth-order valence-electron chi connectivity index (χ4n) is 2.41. The van der Waals surface area contributed by atoms with Crippen LogP contribution in [-0.4, -0.2) is 9.97 Å². The van der Waals surface area contributed by atoms with Gasteiger partial charge in [0.2, 0.25) is 5.95 Å². The van der Waals surface area contributed by atoms with Gasteiger partial charge < -0.3 is 10.6 Å². The molecule has 0 atom stereocenters. The highest BCUT2D eigenvalue weighted by atomic mass is 15.1. The zero-order valence-corrected chi connectivity index (χ0v) is 14.1. The molecule has 2 N–H and O–H groups in total. The Morgan fingerprint density at radius 1 is 0.708 bits per heavy atom. The van der Waals surface area contributed by atoms with Gasteiger partial charge in [-0.1, -0.05) is 38.1 Å². The summed E-state index contributed by atoms with van der Waals surface area (Å²) >= 11 is 0. The lowest BCUT2D eigenvalue weighted by Crippen LogP contribution is -2.00. The first-order valence-corrected chi connectivity index (χ1v) is 8.32. The third-order valence-electron chi connectivity index (χ3n) is 3.91. The Morgan fingerprint density at radius 3 is 1.79 bits per heavy atom. The minimum absolute atomic E-state index is 0.578. The Hall–Kier alpha value is -2.88. The van der Waals surface area contributed by atoms with Crippen LogP contribution in [0.3, 0.4) is 0 Å². The molecule has 0 aliphatic rings. The van der Waals surface area contributed by atoms with E-state index in [1.807, 2.05) is 18.2 Å². The molecule has 0 saturated carbocycles. The molecule has 2 aromatic carbocycles. The Morgan fingerprint density at radius 2 is 1.25 bits per heavy atom. The first-order valence-electron chi connectivity index (χ1n) is 8.32. The molecule has 3 aromatic rings. The molecule has 0 aliphatic heterocycles. The number of benzene rings is 2. The lowest BCUT2D eigenvalue weighted by Gasteiger charge is -2.09. The van der Waals surface area contributed by atoms with Crippen LogP contribution in [-0.2, 0) is 12.8 Å². The molecule has 122 valence electrons. The molecule has 3 rings (SSSR count). The lowest BCUT2D eigenvalue weighted by molar-refractivity contribution is 1.13. The molecule has 4 nitrogen and oxygen atoms in total. The van der Waals surface area contributed by atoms with Crippen molar-refractivity contribution in [3.63, 3.8) is 0 Å². The van der Waals surface area contributed by atoms with Crippen molar-refractivity contribution >= 4 is 23.1 Å². The van der Waals surface area contributed by atoms with Crippen molar-refractivity contribution in [2.45, 2.75) is 26.7 Å². The second-order valence-corrected chi connectivity index (χ2v) is 5.62. The maximum Gasteiger partial charge on any atom is 0.229 e. The van der Waals surface area contributed by atoms with Crippen molar-refractivity contribution in [3.05, 3.63) is 71.9 Å². The number of hydrogen-bond acceptors (Lipinski definition) is 4. The molecule has 0 spiro atoms.